The molecule has 2 bridgehead atoms. The van der Waals surface area contributed by atoms with E-state index < -0.39 is 53.7 Å². The number of fused-ring (bicyclic) bond motifs is 6. The first-order valence-corrected chi connectivity index (χ1v) is 15.3. The van der Waals surface area contributed by atoms with Crippen molar-refractivity contribution in [2.75, 3.05) is 26.2 Å². The van der Waals surface area contributed by atoms with Crippen molar-refractivity contribution in [3.05, 3.63) is 30.0 Å². The maximum atomic E-state index is 14.0. The zero-order valence-electron chi connectivity index (χ0n) is 23.3. The number of piperidine rings is 1. The molecule has 9 atom stereocenters. The van der Waals surface area contributed by atoms with E-state index in [1.54, 1.807) is 0 Å². The number of likely N-dealkylation sites (tertiary alicyclic amines) is 2. The van der Waals surface area contributed by atoms with Crippen LogP contribution < -0.4 is 0 Å². The number of rotatable bonds is 6. The van der Waals surface area contributed by atoms with E-state index in [1.807, 2.05) is 18.2 Å². The minimum atomic E-state index is -4.49. The lowest BCUT2D eigenvalue weighted by molar-refractivity contribution is -0.217. The van der Waals surface area contributed by atoms with E-state index in [9.17, 15) is 27.9 Å². The number of hydrogen-bond acceptors (Lipinski definition) is 6. The summed E-state index contributed by atoms with van der Waals surface area (Å²) in [6.45, 7) is 4.50. The fourth-order valence-electron chi connectivity index (χ4n) is 9.65. The summed E-state index contributed by atoms with van der Waals surface area (Å²) >= 11 is 0. The van der Waals surface area contributed by atoms with Gasteiger partial charge in [-0.2, -0.15) is 13.2 Å². The van der Waals surface area contributed by atoms with Crippen LogP contribution in [0.3, 0.4) is 0 Å². The van der Waals surface area contributed by atoms with Gasteiger partial charge in [0.05, 0.1) is 29.6 Å². The Bertz CT molecular complexity index is 1320. The van der Waals surface area contributed by atoms with E-state index in [1.165, 1.54) is 11.8 Å². The molecule has 1 aromatic carbocycles. The monoisotopic (exact) mass is 573 g/mol. The number of nitrogens with zero attached hydrogens (tertiary/aromatic N) is 3. The number of aromatic nitrogens is 1. The second kappa shape index (κ2) is 10.1. The standard InChI is InChI=1S/C31H38F3N3O4/c1-16(38)24-21-13-22(27(24)31(32,33)34)26-25(21)29(39)37(30(26)40)15-19-6-4-5-18(19)14-36-11-9-17(10-12-36)28-20-7-2-3-8-23(20)41-35-28/h2-3,7-8,16-19,21-22,24-27,38H,4-6,9-15H2,1H3/t16?,18-,19-,21?,22?,24?,25?,26?,27?/m1/s1. The number of imide groups is 1. The van der Waals surface area contributed by atoms with Gasteiger partial charge in [0.1, 0.15) is 0 Å². The zero-order chi connectivity index (χ0) is 28.6. The van der Waals surface area contributed by atoms with E-state index in [0.29, 0.717) is 18.4 Å². The molecule has 7 nitrogen and oxygen atoms in total. The molecule has 1 aromatic heterocycles. The maximum absolute atomic E-state index is 14.0. The number of hydrogen-bond donors (Lipinski definition) is 1. The summed E-state index contributed by atoms with van der Waals surface area (Å²) in [6, 6.07) is 7.95. The number of aliphatic hydroxyl groups excluding tert-OH is 1. The minimum absolute atomic E-state index is 0.169. The highest BCUT2D eigenvalue weighted by Gasteiger charge is 2.72. The summed E-state index contributed by atoms with van der Waals surface area (Å²) in [5, 5.41) is 15.7. The van der Waals surface area contributed by atoms with E-state index in [2.05, 4.69) is 16.1 Å². The van der Waals surface area contributed by atoms with Gasteiger partial charge in [-0.15, -0.1) is 0 Å². The fourth-order valence-corrected chi connectivity index (χ4v) is 9.65. The van der Waals surface area contributed by atoms with Gasteiger partial charge in [0.15, 0.2) is 5.58 Å². The minimum Gasteiger partial charge on any atom is -0.393 e. The third kappa shape index (κ3) is 4.42. The Morgan fingerprint density at radius 3 is 2.34 bits per heavy atom. The molecule has 3 saturated carbocycles. The van der Waals surface area contributed by atoms with Crippen molar-refractivity contribution in [3.63, 3.8) is 0 Å². The quantitative estimate of drug-likeness (QED) is 0.498. The predicted octanol–water partition coefficient (Wildman–Crippen LogP) is 4.85. The number of para-hydroxylation sites is 1. The largest absolute Gasteiger partial charge is 0.393 e. The molecule has 0 spiro atoms. The average Bonchev–Trinajstić information content (AvgIpc) is 3.75. The van der Waals surface area contributed by atoms with E-state index in [-0.39, 0.29) is 18.2 Å². The average molecular weight is 574 g/mol. The van der Waals surface area contributed by atoms with Crippen LogP contribution in [0.25, 0.3) is 11.0 Å². The Morgan fingerprint density at radius 1 is 1.00 bits per heavy atom. The molecule has 3 heterocycles. The molecule has 7 rings (SSSR count). The van der Waals surface area contributed by atoms with Crippen LogP contribution in [0.1, 0.15) is 57.1 Å². The molecule has 2 aromatic rings. The molecule has 5 aliphatic rings. The van der Waals surface area contributed by atoms with Crippen LogP contribution in [0.4, 0.5) is 13.2 Å². The van der Waals surface area contributed by atoms with Gasteiger partial charge in [0.2, 0.25) is 11.8 Å². The van der Waals surface area contributed by atoms with Gasteiger partial charge in [-0.25, -0.2) is 0 Å². The molecule has 2 saturated heterocycles. The van der Waals surface area contributed by atoms with Gasteiger partial charge in [0.25, 0.3) is 0 Å². The van der Waals surface area contributed by atoms with Crippen LogP contribution in [-0.2, 0) is 9.59 Å². The third-order valence-electron chi connectivity index (χ3n) is 11.4. The number of aliphatic hydroxyl groups is 1. The number of alkyl halides is 3. The van der Waals surface area contributed by atoms with Gasteiger partial charge < -0.3 is 14.5 Å². The lowest BCUT2D eigenvalue weighted by atomic mass is 9.67. The molecule has 2 aliphatic heterocycles. The van der Waals surface area contributed by atoms with Gasteiger partial charge in [0, 0.05) is 24.4 Å². The molecular weight excluding hydrogens is 535 g/mol. The Kier molecular flexibility index (Phi) is 6.73. The highest BCUT2D eigenvalue weighted by Crippen LogP contribution is 2.65. The summed E-state index contributed by atoms with van der Waals surface area (Å²) in [5.41, 5.74) is 1.85. The lowest BCUT2D eigenvalue weighted by Gasteiger charge is -2.38. The third-order valence-corrected chi connectivity index (χ3v) is 11.4. The Hall–Kier alpha value is -2.46. The smallest absolute Gasteiger partial charge is 0.392 e. The number of carbonyl (C=O) groups is 2. The molecule has 3 aliphatic carbocycles. The summed E-state index contributed by atoms with van der Waals surface area (Å²) < 4.78 is 47.7. The van der Waals surface area contributed by atoms with Crippen LogP contribution in [-0.4, -0.2) is 70.3 Å². The first-order valence-electron chi connectivity index (χ1n) is 15.3. The second-order valence-corrected chi connectivity index (χ2v) is 13.4. The van der Waals surface area contributed by atoms with Crippen molar-refractivity contribution in [3.8, 4) is 0 Å². The molecule has 2 amide bonds. The van der Waals surface area contributed by atoms with Crippen molar-refractivity contribution < 1.29 is 32.4 Å². The van der Waals surface area contributed by atoms with Crippen LogP contribution in [0.2, 0.25) is 0 Å². The Balaban J connectivity index is 0.995. The van der Waals surface area contributed by atoms with Gasteiger partial charge in [-0.05, 0) is 93.8 Å². The number of carbonyl (C=O) groups excluding carboxylic acids is 2. The molecule has 10 heteroatoms. The lowest BCUT2D eigenvalue weighted by Crippen LogP contribution is -2.46. The fraction of sp³-hybridized carbons (Fsp3) is 0.710. The summed E-state index contributed by atoms with van der Waals surface area (Å²) in [6.07, 6.45) is -0.478. The summed E-state index contributed by atoms with van der Waals surface area (Å²) in [5.74, 6) is -5.66. The first-order chi connectivity index (χ1) is 19.6. The molecule has 7 unspecified atom stereocenters. The molecule has 0 radical (unpaired) electrons. The Labute approximate surface area is 237 Å². The number of amides is 2. The maximum Gasteiger partial charge on any atom is 0.392 e. The SMILES string of the molecule is CC(O)C1C2CC(C3C(=O)N(C[C@H]4CCC[C@@H]4CN4CCC(c5noc6ccccc56)CC4)C(=O)C23)C1C(F)(F)F. The Morgan fingerprint density at radius 2 is 1.66 bits per heavy atom. The zero-order valence-corrected chi connectivity index (χ0v) is 23.3. The topological polar surface area (TPSA) is 86.9 Å². The van der Waals surface area contributed by atoms with Crippen LogP contribution >= 0.6 is 0 Å². The van der Waals surface area contributed by atoms with E-state index in [4.69, 9.17) is 4.52 Å². The van der Waals surface area contributed by atoms with Crippen molar-refractivity contribution in [2.45, 2.75) is 63.6 Å². The van der Waals surface area contributed by atoms with Gasteiger partial charge in [-0.3, -0.25) is 14.5 Å². The van der Waals surface area contributed by atoms with Crippen molar-refractivity contribution in [1.82, 2.24) is 15.0 Å². The van der Waals surface area contributed by atoms with E-state index >= 15 is 0 Å². The number of halogens is 3. The van der Waals surface area contributed by atoms with Gasteiger partial charge in [-0.1, -0.05) is 23.7 Å². The highest BCUT2D eigenvalue weighted by atomic mass is 19.4. The number of benzene rings is 1. The van der Waals surface area contributed by atoms with Crippen LogP contribution in [0.15, 0.2) is 28.8 Å². The highest BCUT2D eigenvalue weighted by molar-refractivity contribution is 6.06. The van der Waals surface area contributed by atoms with Crippen LogP contribution in [0, 0.1) is 47.3 Å². The normalized spacial score (nSPS) is 37.0. The molecule has 222 valence electrons. The summed E-state index contributed by atoms with van der Waals surface area (Å²) in [4.78, 5) is 30.9. The van der Waals surface area contributed by atoms with E-state index in [0.717, 1.165) is 68.4 Å². The molecule has 5 fully saturated rings. The second-order valence-electron chi connectivity index (χ2n) is 13.4. The van der Waals surface area contributed by atoms with Crippen molar-refractivity contribution >= 4 is 22.8 Å². The van der Waals surface area contributed by atoms with Crippen LogP contribution in [0.5, 0.6) is 0 Å². The summed E-state index contributed by atoms with van der Waals surface area (Å²) in [7, 11) is 0. The first kappa shape index (κ1) is 27.4. The van der Waals surface area contributed by atoms with Gasteiger partial charge >= 0.3 is 6.18 Å². The predicted molar refractivity (Wildman–Crippen MR) is 143 cm³/mol. The molecule has 1 N–H and O–H groups in total. The van der Waals surface area contributed by atoms with Crippen molar-refractivity contribution in [2.24, 2.45) is 47.3 Å². The molecule has 41 heavy (non-hydrogen) atoms. The van der Waals surface area contributed by atoms with Crippen molar-refractivity contribution in [1.29, 1.82) is 0 Å². The molecular formula is C31H38F3N3O4.